The fraction of sp³-hybridized carbons (Fsp3) is 0.524. The van der Waals surface area contributed by atoms with Crippen molar-refractivity contribution < 1.29 is 0 Å². The van der Waals surface area contributed by atoms with E-state index in [1.165, 1.54) is 30.2 Å². The van der Waals surface area contributed by atoms with Crippen molar-refractivity contribution in [1.29, 1.82) is 0 Å². The number of hydrogen-bond donors (Lipinski definition) is 1. The summed E-state index contributed by atoms with van der Waals surface area (Å²) in [5, 5.41) is 1.23. The van der Waals surface area contributed by atoms with Gasteiger partial charge in [-0.05, 0) is 48.6 Å². The van der Waals surface area contributed by atoms with E-state index in [0.717, 1.165) is 28.9 Å². The first-order chi connectivity index (χ1) is 11.9. The molecule has 3 heterocycles. The third-order valence-electron chi connectivity index (χ3n) is 6.28. The zero-order valence-electron chi connectivity index (χ0n) is 15.6. The Balaban J connectivity index is 1.69. The molecule has 5 rings (SSSR count). The summed E-state index contributed by atoms with van der Waals surface area (Å²) in [5.74, 6) is 1.09. The lowest BCUT2D eigenvalue weighted by atomic mass is 9.65. The lowest BCUT2D eigenvalue weighted by Gasteiger charge is -2.39. The number of benzene rings is 1. The number of aromatic amines is 1. The molecule has 4 heteroatoms. The molecule has 0 spiro atoms. The first-order valence-electron chi connectivity index (χ1n) is 9.34. The molecule has 2 bridgehead atoms. The molecule has 2 atom stereocenters. The standard InChI is InChI=1S/C21H26N4/c1-13-6-5-7-15-16(13)17-18(24-15)19(23-12-22-17)25-11-21(4)9-14(25)8-20(2,3)10-21/h5-7,12,14,24H,8-11H2,1-4H3/t14-,21+/m1/s1. The molecule has 1 saturated carbocycles. The zero-order chi connectivity index (χ0) is 17.4. The highest BCUT2D eigenvalue weighted by molar-refractivity contribution is 6.09. The third kappa shape index (κ3) is 2.19. The van der Waals surface area contributed by atoms with E-state index in [4.69, 9.17) is 4.98 Å². The van der Waals surface area contributed by atoms with E-state index >= 15 is 0 Å². The number of fused-ring (bicyclic) bond motifs is 5. The van der Waals surface area contributed by atoms with Crippen LogP contribution in [0.4, 0.5) is 5.82 Å². The molecule has 25 heavy (non-hydrogen) atoms. The summed E-state index contributed by atoms with van der Waals surface area (Å²) < 4.78 is 0. The van der Waals surface area contributed by atoms with Crippen LogP contribution < -0.4 is 4.90 Å². The van der Waals surface area contributed by atoms with Crippen molar-refractivity contribution in [2.24, 2.45) is 10.8 Å². The van der Waals surface area contributed by atoms with Crippen molar-refractivity contribution in [2.75, 3.05) is 11.4 Å². The summed E-state index contributed by atoms with van der Waals surface area (Å²) in [6.45, 7) is 10.5. The highest BCUT2D eigenvalue weighted by atomic mass is 15.3. The van der Waals surface area contributed by atoms with Crippen LogP contribution in [0.3, 0.4) is 0 Å². The van der Waals surface area contributed by atoms with Gasteiger partial charge in [0.2, 0.25) is 0 Å². The summed E-state index contributed by atoms with van der Waals surface area (Å²) in [4.78, 5) is 15.5. The summed E-state index contributed by atoms with van der Waals surface area (Å²) in [6, 6.07) is 6.98. The Morgan fingerprint density at radius 1 is 1.16 bits per heavy atom. The number of nitrogens with one attached hydrogen (secondary N) is 1. The lowest BCUT2D eigenvalue weighted by Crippen LogP contribution is -2.35. The molecule has 2 fully saturated rings. The second-order valence-corrected chi connectivity index (χ2v) is 9.38. The first-order valence-corrected chi connectivity index (χ1v) is 9.34. The van der Waals surface area contributed by atoms with Gasteiger partial charge in [-0.2, -0.15) is 0 Å². The Morgan fingerprint density at radius 2 is 2.00 bits per heavy atom. The maximum atomic E-state index is 4.74. The van der Waals surface area contributed by atoms with Crippen LogP contribution in [0.15, 0.2) is 24.5 Å². The fourth-order valence-electron chi connectivity index (χ4n) is 5.83. The molecule has 4 nitrogen and oxygen atoms in total. The Kier molecular flexibility index (Phi) is 2.88. The molecule has 2 aromatic heterocycles. The van der Waals surface area contributed by atoms with Gasteiger partial charge < -0.3 is 9.88 Å². The van der Waals surface area contributed by atoms with Crippen molar-refractivity contribution in [2.45, 2.75) is 53.0 Å². The number of aromatic nitrogens is 3. The Labute approximate surface area is 148 Å². The van der Waals surface area contributed by atoms with Gasteiger partial charge in [-0.25, -0.2) is 9.97 Å². The summed E-state index contributed by atoms with van der Waals surface area (Å²) >= 11 is 0. The van der Waals surface area contributed by atoms with E-state index < -0.39 is 0 Å². The second-order valence-electron chi connectivity index (χ2n) is 9.38. The van der Waals surface area contributed by atoms with Gasteiger partial charge in [-0.1, -0.05) is 32.9 Å². The summed E-state index contributed by atoms with van der Waals surface area (Å²) in [6.07, 6.45) is 5.56. The predicted molar refractivity (Wildman–Crippen MR) is 103 cm³/mol. The summed E-state index contributed by atoms with van der Waals surface area (Å²) in [5.41, 5.74) is 5.39. The van der Waals surface area contributed by atoms with E-state index in [1.807, 2.05) is 0 Å². The van der Waals surface area contributed by atoms with Crippen LogP contribution >= 0.6 is 0 Å². The molecule has 0 unspecified atom stereocenters. The number of aryl methyl sites for hydroxylation is 1. The van der Waals surface area contributed by atoms with Crippen LogP contribution in [0, 0.1) is 17.8 Å². The minimum absolute atomic E-state index is 0.394. The minimum Gasteiger partial charge on any atom is -0.351 e. The van der Waals surface area contributed by atoms with E-state index in [9.17, 15) is 0 Å². The SMILES string of the molecule is Cc1cccc2[nH]c3c(N4C[C@@]5(C)C[C@H]4CC(C)(C)C5)ncnc3c12. The normalized spacial score (nSPS) is 28.2. The van der Waals surface area contributed by atoms with Crippen molar-refractivity contribution in [3.63, 3.8) is 0 Å². The number of hydrogen-bond acceptors (Lipinski definition) is 3. The first kappa shape index (κ1) is 15.2. The fourth-order valence-corrected chi connectivity index (χ4v) is 5.83. The lowest BCUT2D eigenvalue weighted by molar-refractivity contribution is 0.136. The highest BCUT2D eigenvalue weighted by Crippen LogP contribution is 2.53. The van der Waals surface area contributed by atoms with Crippen LogP contribution in [0.1, 0.15) is 45.6 Å². The number of nitrogens with zero attached hydrogens (tertiary/aromatic N) is 3. The molecule has 1 saturated heterocycles. The average Bonchev–Trinajstić information content (AvgIpc) is 3.01. The van der Waals surface area contributed by atoms with Crippen molar-refractivity contribution in [1.82, 2.24) is 15.0 Å². The highest BCUT2D eigenvalue weighted by Gasteiger charge is 2.50. The monoisotopic (exact) mass is 334 g/mol. The Morgan fingerprint density at radius 3 is 2.84 bits per heavy atom. The molecule has 1 N–H and O–H groups in total. The van der Waals surface area contributed by atoms with Gasteiger partial charge in [0.05, 0.1) is 0 Å². The van der Waals surface area contributed by atoms with Crippen molar-refractivity contribution in [3.8, 4) is 0 Å². The van der Waals surface area contributed by atoms with Crippen molar-refractivity contribution >= 4 is 27.8 Å². The van der Waals surface area contributed by atoms with E-state index in [2.05, 4.69) is 60.8 Å². The van der Waals surface area contributed by atoms with Crippen molar-refractivity contribution in [3.05, 3.63) is 30.1 Å². The van der Waals surface area contributed by atoms with E-state index in [1.54, 1.807) is 6.33 Å². The maximum absolute atomic E-state index is 4.74. The van der Waals surface area contributed by atoms with Gasteiger partial charge in [0.1, 0.15) is 17.4 Å². The number of rotatable bonds is 1. The van der Waals surface area contributed by atoms with Gasteiger partial charge in [0, 0.05) is 23.5 Å². The molecule has 3 aromatic rings. The minimum atomic E-state index is 0.394. The van der Waals surface area contributed by atoms with Crippen LogP contribution in [-0.2, 0) is 0 Å². The molecule has 1 aliphatic heterocycles. The largest absolute Gasteiger partial charge is 0.351 e. The topological polar surface area (TPSA) is 44.8 Å². The molecule has 130 valence electrons. The van der Waals surface area contributed by atoms with Gasteiger partial charge in [-0.3, -0.25) is 0 Å². The molecular formula is C21H26N4. The maximum Gasteiger partial charge on any atom is 0.156 e. The molecule has 2 aliphatic rings. The van der Waals surface area contributed by atoms with Crippen LogP contribution in [0.5, 0.6) is 0 Å². The molecular weight excluding hydrogens is 308 g/mol. The van der Waals surface area contributed by atoms with Crippen LogP contribution in [0.2, 0.25) is 0 Å². The quantitative estimate of drug-likeness (QED) is 0.693. The zero-order valence-corrected chi connectivity index (χ0v) is 15.6. The molecule has 1 aliphatic carbocycles. The third-order valence-corrected chi connectivity index (χ3v) is 6.28. The molecule has 0 amide bonds. The average molecular weight is 334 g/mol. The number of anilines is 1. The Bertz CT molecular complexity index is 986. The molecule has 0 radical (unpaired) electrons. The van der Waals surface area contributed by atoms with Gasteiger partial charge in [0.15, 0.2) is 5.82 Å². The smallest absolute Gasteiger partial charge is 0.156 e. The van der Waals surface area contributed by atoms with Crippen LogP contribution in [0.25, 0.3) is 21.9 Å². The van der Waals surface area contributed by atoms with Crippen LogP contribution in [-0.4, -0.2) is 27.5 Å². The predicted octanol–water partition coefficient (Wildman–Crippen LogP) is 4.82. The molecule has 1 aromatic carbocycles. The Hall–Kier alpha value is -2.10. The second kappa shape index (κ2) is 4.75. The van der Waals surface area contributed by atoms with E-state index in [0.29, 0.717) is 16.9 Å². The summed E-state index contributed by atoms with van der Waals surface area (Å²) in [7, 11) is 0. The van der Waals surface area contributed by atoms with E-state index in [-0.39, 0.29) is 0 Å². The number of H-pyrrole nitrogens is 1. The van der Waals surface area contributed by atoms with Gasteiger partial charge in [0.25, 0.3) is 0 Å². The van der Waals surface area contributed by atoms with Gasteiger partial charge >= 0.3 is 0 Å². The van der Waals surface area contributed by atoms with Gasteiger partial charge in [-0.15, -0.1) is 0 Å².